The van der Waals surface area contributed by atoms with Crippen molar-refractivity contribution in [3.63, 3.8) is 0 Å². The molecule has 0 aliphatic heterocycles. The minimum atomic E-state index is 0.470. The Morgan fingerprint density at radius 3 is 2.38 bits per heavy atom. The van der Waals surface area contributed by atoms with Crippen LogP contribution < -0.4 is 5.73 Å². The first-order valence-corrected chi connectivity index (χ1v) is 5.54. The Bertz CT molecular complexity index is 147. The van der Waals surface area contributed by atoms with Gasteiger partial charge >= 0.3 is 0 Å². The number of nitrogens with zero attached hydrogens (tertiary/aromatic N) is 1. The summed E-state index contributed by atoms with van der Waals surface area (Å²) in [6.45, 7) is 6.60. The predicted octanol–water partition coefficient (Wildman–Crippen LogP) is 1.85. The van der Waals surface area contributed by atoms with Crippen LogP contribution in [0, 0.1) is 5.41 Å². The van der Waals surface area contributed by atoms with E-state index in [1.54, 1.807) is 0 Å². The van der Waals surface area contributed by atoms with Crippen LogP contribution in [0.15, 0.2) is 0 Å². The van der Waals surface area contributed by atoms with E-state index in [-0.39, 0.29) is 0 Å². The molecular formula is C11H24N2. The van der Waals surface area contributed by atoms with Gasteiger partial charge < -0.3 is 10.6 Å². The molecule has 2 nitrogen and oxygen atoms in total. The van der Waals surface area contributed by atoms with Crippen molar-refractivity contribution in [2.45, 2.75) is 45.6 Å². The lowest BCUT2D eigenvalue weighted by Crippen LogP contribution is -2.48. The van der Waals surface area contributed by atoms with Crippen LogP contribution in [0.1, 0.15) is 39.5 Å². The van der Waals surface area contributed by atoms with Crippen LogP contribution in [0.2, 0.25) is 0 Å². The van der Waals surface area contributed by atoms with Gasteiger partial charge in [-0.15, -0.1) is 0 Å². The Labute approximate surface area is 82.5 Å². The lowest BCUT2D eigenvalue weighted by molar-refractivity contribution is 0.0697. The molecule has 0 saturated heterocycles. The van der Waals surface area contributed by atoms with E-state index in [9.17, 15) is 0 Å². The Morgan fingerprint density at radius 1 is 1.46 bits per heavy atom. The topological polar surface area (TPSA) is 29.3 Å². The Balaban J connectivity index is 2.37. The van der Waals surface area contributed by atoms with Crippen molar-refractivity contribution in [1.29, 1.82) is 0 Å². The second-order valence-electron chi connectivity index (χ2n) is 4.73. The molecule has 0 aromatic carbocycles. The van der Waals surface area contributed by atoms with E-state index in [0.717, 1.165) is 6.54 Å². The van der Waals surface area contributed by atoms with Gasteiger partial charge in [-0.1, -0.05) is 13.3 Å². The molecule has 1 saturated carbocycles. The van der Waals surface area contributed by atoms with Crippen molar-refractivity contribution in [1.82, 2.24) is 4.90 Å². The lowest BCUT2D eigenvalue weighted by atomic mass is 9.68. The zero-order valence-corrected chi connectivity index (χ0v) is 9.34. The maximum Gasteiger partial charge on any atom is 0.00614 e. The smallest absolute Gasteiger partial charge is 0.00614 e. The summed E-state index contributed by atoms with van der Waals surface area (Å²) in [6.07, 6.45) is 5.29. The van der Waals surface area contributed by atoms with E-state index in [1.807, 2.05) is 0 Å². The summed E-state index contributed by atoms with van der Waals surface area (Å²) in [6, 6.07) is 0.698. The summed E-state index contributed by atoms with van der Waals surface area (Å²) in [7, 11) is 2.23. The van der Waals surface area contributed by atoms with Gasteiger partial charge in [-0.3, -0.25) is 0 Å². The molecule has 0 amide bonds. The third-order valence-electron chi connectivity index (χ3n) is 3.78. The van der Waals surface area contributed by atoms with Gasteiger partial charge in [0.1, 0.15) is 0 Å². The average molecular weight is 184 g/mol. The molecule has 1 aliphatic rings. The molecule has 1 unspecified atom stereocenters. The molecule has 0 aromatic heterocycles. The minimum absolute atomic E-state index is 0.470. The second-order valence-corrected chi connectivity index (χ2v) is 4.73. The molecule has 78 valence electrons. The molecule has 13 heavy (non-hydrogen) atoms. The van der Waals surface area contributed by atoms with Gasteiger partial charge in [0, 0.05) is 12.6 Å². The Kier molecular flexibility index (Phi) is 3.74. The molecule has 0 bridgehead atoms. The first kappa shape index (κ1) is 11.0. The van der Waals surface area contributed by atoms with E-state index in [2.05, 4.69) is 25.8 Å². The van der Waals surface area contributed by atoms with Crippen LogP contribution in [0.3, 0.4) is 0 Å². The summed E-state index contributed by atoms with van der Waals surface area (Å²) in [5.41, 5.74) is 6.30. The first-order chi connectivity index (χ1) is 6.13. The predicted molar refractivity (Wildman–Crippen MR) is 57.7 cm³/mol. The molecule has 0 spiro atoms. The second kappa shape index (κ2) is 4.43. The molecule has 0 heterocycles. The fraction of sp³-hybridized carbons (Fsp3) is 1.00. The van der Waals surface area contributed by atoms with E-state index in [0.29, 0.717) is 11.5 Å². The normalized spacial score (nSPS) is 22.8. The van der Waals surface area contributed by atoms with Crippen LogP contribution in [0.4, 0.5) is 0 Å². The number of rotatable bonds is 5. The molecule has 0 radical (unpaired) electrons. The fourth-order valence-electron chi connectivity index (χ4n) is 2.10. The zero-order chi connectivity index (χ0) is 9.90. The number of hydrogen-bond acceptors (Lipinski definition) is 2. The maximum atomic E-state index is 5.83. The molecule has 2 N–H and O–H groups in total. The maximum absolute atomic E-state index is 5.83. The van der Waals surface area contributed by atoms with Crippen molar-refractivity contribution in [3.8, 4) is 0 Å². The van der Waals surface area contributed by atoms with Gasteiger partial charge in [0.15, 0.2) is 0 Å². The SMILES string of the molecule is CCC(C)N(C)CC1(CN)CCC1. The number of hydrogen-bond donors (Lipinski definition) is 1. The Morgan fingerprint density at radius 2 is 2.08 bits per heavy atom. The van der Waals surface area contributed by atoms with Gasteiger partial charge in [0.05, 0.1) is 0 Å². The standard InChI is InChI=1S/C11H24N2/c1-4-10(2)13(3)9-11(8-12)6-5-7-11/h10H,4-9,12H2,1-3H3. The summed E-state index contributed by atoms with van der Waals surface area (Å²) >= 11 is 0. The third-order valence-corrected chi connectivity index (χ3v) is 3.78. The van der Waals surface area contributed by atoms with Crippen LogP contribution in [-0.4, -0.2) is 31.1 Å². The molecule has 1 fully saturated rings. The molecule has 2 heteroatoms. The van der Waals surface area contributed by atoms with Gasteiger partial charge in [-0.05, 0) is 45.2 Å². The molecule has 1 atom stereocenters. The van der Waals surface area contributed by atoms with Gasteiger partial charge in [0.2, 0.25) is 0 Å². The van der Waals surface area contributed by atoms with Crippen molar-refractivity contribution >= 4 is 0 Å². The van der Waals surface area contributed by atoms with Crippen LogP contribution in [-0.2, 0) is 0 Å². The van der Waals surface area contributed by atoms with Gasteiger partial charge in [0.25, 0.3) is 0 Å². The third kappa shape index (κ3) is 2.44. The van der Waals surface area contributed by atoms with E-state index >= 15 is 0 Å². The zero-order valence-electron chi connectivity index (χ0n) is 9.34. The van der Waals surface area contributed by atoms with Crippen molar-refractivity contribution in [2.75, 3.05) is 20.1 Å². The van der Waals surface area contributed by atoms with E-state index in [1.165, 1.54) is 32.2 Å². The monoisotopic (exact) mass is 184 g/mol. The van der Waals surface area contributed by atoms with E-state index < -0.39 is 0 Å². The average Bonchev–Trinajstić information content (AvgIpc) is 2.09. The van der Waals surface area contributed by atoms with Gasteiger partial charge in [-0.2, -0.15) is 0 Å². The summed E-state index contributed by atoms with van der Waals surface area (Å²) in [5, 5.41) is 0. The van der Waals surface area contributed by atoms with Crippen LogP contribution in [0.25, 0.3) is 0 Å². The highest BCUT2D eigenvalue weighted by Crippen LogP contribution is 2.40. The van der Waals surface area contributed by atoms with Crippen molar-refractivity contribution in [3.05, 3.63) is 0 Å². The van der Waals surface area contributed by atoms with Crippen LogP contribution >= 0.6 is 0 Å². The molecule has 1 rings (SSSR count). The van der Waals surface area contributed by atoms with E-state index in [4.69, 9.17) is 5.73 Å². The summed E-state index contributed by atoms with van der Waals surface area (Å²) in [4.78, 5) is 2.46. The summed E-state index contributed by atoms with van der Waals surface area (Å²) in [5.74, 6) is 0. The quantitative estimate of drug-likeness (QED) is 0.706. The Hall–Kier alpha value is -0.0800. The fourth-order valence-corrected chi connectivity index (χ4v) is 2.10. The summed E-state index contributed by atoms with van der Waals surface area (Å²) < 4.78 is 0. The van der Waals surface area contributed by atoms with Crippen molar-refractivity contribution in [2.24, 2.45) is 11.1 Å². The first-order valence-electron chi connectivity index (χ1n) is 5.54. The highest BCUT2D eigenvalue weighted by Gasteiger charge is 2.36. The lowest BCUT2D eigenvalue weighted by Gasteiger charge is -2.44. The van der Waals surface area contributed by atoms with Crippen molar-refractivity contribution < 1.29 is 0 Å². The highest BCUT2D eigenvalue weighted by molar-refractivity contribution is 4.91. The van der Waals surface area contributed by atoms with Gasteiger partial charge in [-0.25, -0.2) is 0 Å². The number of nitrogens with two attached hydrogens (primary N) is 1. The molecule has 0 aromatic rings. The highest BCUT2D eigenvalue weighted by atomic mass is 15.1. The largest absolute Gasteiger partial charge is 0.330 e. The molecule has 1 aliphatic carbocycles. The molecular weight excluding hydrogens is 160 g/mol. The minimum Gasteiger partial charge on any atom is -0.330 e. The van der Waals surface area contributed by atoms with Crippen LogP contribution in [0.5, 0.6) is 0 Å².